The third-order valence-corrected chi connectivity index (χ3v) is 4.09. The Morgan fingerprint density at radius 1 is 1.03 bits per heavy atom. The van der Waals surface area contributed by atoms with Gasteiger partial charge in [0, 0.05) is 32.0 Å². The number of benzene rings is 1. The maximum absolute atomic E-state index is 12.7. The number of nitrogens with one attached hydrogen (secondary N) is 2. The highest BCUT2D eigenvalue weighted by Gasteiger charge is 2.31. The van der Waals surface area contributed by atoms with Gasteiger partial charge in [-0.3, -0.25) is 14.4 Å². The first-order valence-corrected chi connectivity index (χ1v) is 9.65. The summed E-state index contributed by atoms with van der Waals surface area (Å²) < 4.78 is 42.1. The lowest BCUT2D eigenvalue weighted by Crippen LogP contribution is -2.35. The Morgan fingerprint density at radius 3 is 2.06 bits per heavy atom. The van der Waals surface area contributed by atoms with E-state index in [2.05, 4.69) is 15.4 Å². The molecule has 0 fully saturated rings. The average molecular weight is 439 g/mol. The first-order chi connectivity index (χ1) is 14.5. The van der Waals surface area contributed by atoms with Gasteiger partial charge in [0.15, 0.2) is 0 Å². The highest BCUT2D eigenvalue weighted by Crippen LogP contribution is 2.22. The minimum atomic E-state index is -4.79. The molecule has 0 saturated heterocycles. The average Bonchev–Trinajstić information content (AvgIpc) is 2.67. The van der Waals surface area contributed by atoms with Crippen molar-refractivity contribution in [1.29, 1.82) is 0 Å². The Hall–Kier alpha value is -3.30. The number of nitrogens with zero attached hydrogens (tertiary/aromatic N) is 1. The van der Waals surface area contributed by atoms with E-state index in [9.17, 15) is 27.6 Å². The number of alkyl halides is 3. The van der Waals surface area contributed by atoms with E-state index in [1.165, 1.54) is 24.5 Å². The van der Waals surface area contributed by atoms with Gasteiger partial charge >= 0.3 is 6.36 Å². The van der Waals surface area contributed by atoms with E-state index < -0.39 is 23.6 Å². The van der Waals surface area contributed by atoms with Crippen molar-refractivity contribution in [2.45, 2.75) is 40.2 Å². The molecule has 2 amide bonds. The third-order valence-electron chi connectivity index (χ3n) is 4.09. The Labute approximate surface area is 177 Å². The molecule has 2 N–H and O–H groups in total. The highest BCUT2D eigenvalue weighted by molar-refractivity contribution is 5.99. The van der Waals surface area contributed by atoms with Crippen LogP contribution >= 0.6 is 0 Å². The van der Waals surface area contributed by atoms with E-state index in [1.54, 1.807) is 11.5 Å². The number of carbonyl (C=O) groups is 2. The number of hydrogen-bond acceptors (Lipinski definition) is 4. The van der Waals surface area contributed by atoms with Gasteiger partial charge in [-0.1, -0.05) is 26.0 Å². The normalized spacial score (nSPS) is 11.3. The van der Waals surface area contributed by atoms with Crippen LogP contribution < -0.4 is 20.8 Å². The SMILES string of the molecule is CCNC(=O)c1cn(CC(C)C)cc(C(=O)NCc2ccc(OC(F)(F)F)cc2)c1=O. The molecule has 1 aromatic heterocycles. The molecular weight excluding hydrogens is 415 g/mol. The van der Waals surface area contributed by atoms with Crippen LogP contribution in [-0.2, 0) is 13.1 Å². The molecule has 0 saturated carbocycles. The summed E-state index contributed by atoms with van der Waals surface area (Å²) in [5, 5.41) is 5.11. The van der Waals surface area contributed by atoms with Crippen molar-refractivity contribution in [3.63, 3.8) is 0 Å². The van der Waals surface area contributed by atoms with Crippen LogP contribution in [0.1, 0.15) is 47.1 Å². The van der Waals surface area contributed by atoms with E-state index >= 15 is 0 Å². The van der Waals surface area contributed by atoms with Crippen molar-refractivity contribution in [2.75, 3.05) is 6.54 Å². The summed E-state index contributed by atoms with van der Waals surface area (Å²) >= 11 is 0. The summed E-state index contributed by atoms with van der Waals surface area (Å²) in [6.45, 7) is 6.42. The molecule has 2 rings (SSSR count). The zero-order valence-corrected chi connectivity index (χ0v) is 17.4. The monoisotopic (exact) mass is 439 g/mol. The lowest BCUT2D eigenvalue weighted by atomic mass is 10.1. The number of aromatic nitrogens is 1. The van der Waals surface area contributed by atoms with Crippen LogP contribution in [0.3, 0.4) is 0 Å². The van der Waals surface area contributed by atoms with Crippen molar-refractivity contribution in [3.05, 3.63) is 63.6 Å². The van der Waals surface area contributed by atoms with Crippen LogP contribution in [0.5, 0.6) is 5.75 Å². The van der Waals surface area contributed by atoms with Gasteiger partial charge in [-0.15, -0.1) is 13.2 Å². The van der Waals surface area contributed by atoms with Crippen LogP contribution in [-0.4, -0.2) is 29.3 Å². The number of hydrogen-bond donors (Lipinski definition) is 2. The quantitative estimate of drug-likeness (QED) is 0.662. The fourth-order valence-corrected chi connectivity index (χ4v) is 2.82. The first kappa shape index (κ1) is 24.0. The second-order valence-corrected chi connectivity index (χ2v) is 7.24. The molecule has 0 spiro atoms. The predicted octanol–water partition coefficient (Wildman–Crippen LogP) is 3.08. The van der Waals surface area contributed by atoms with Crippen molar-refractivity contribution in [2.24, 2.45) is 5.92 Å². The Kier molecular flexibility index (Phi) is 7.84. The van der Waals surface area contributed by atoms with Crippen LogP contribution in [0, 0.1) is 5.92 Å². The van der Waals surface area contributed by atoms with Crippen molar-refractivity contribution >= 4 is 11.8 Å². The van der Waals surface area contributed by atoms with E-state index in [1.807, 2.05) is 13.8 Å². The molecule has 0 atom stereocenters. The molecule has 7 nitrogen and oxygen atoms in total. The van der Waals surface area contributed by atoms with Gasteiger partial charge < -0.3 is 19.9 Å². The fourth-order valence-electron chi connectivity index (χ4n) is 2.82. The van der Waals surface area contributed by atoms with Gasteiger partial charge in [-0.25, -0.2) is 0 Å². The van der Waals surface area contributed by atoms with Gasteiger partial charge in [0.1, 0.15) is 16.9 Å². The number of pyridine rings is 1. The number of carbonyl (C=O) groups excluding carboxylic acids is 2. The van der Waals surface area contributed by atoms with Gasteiger partial charge in [-0.05, 0) is 30.5 Å². The Bertz CT molecular complexity index is 983. The lowest BCUT2D eigenvalue weighted by molar-refractivity contribution is -0.274. The van der Waals surface area contributed by atoms with Crippen LogP contribution in [0.25, 0.3) is 0 Å². The van der Waals surface area contributed by atoms with E-state index in [0.717, 1.165) is 12.1 Å². The van der Waals surface area contributed by atoms with Crippen LogP contribution in [0.2, 0.25) is 0 Å². The number of halogens is 3. The molecular formula is C21H24F3N3O4. The number of ether oxygens (including phenoxy) is 1. The molecule has 168 valence electrons. The van der Waals surface area contributed by atoms with Gasteiger partial charge in [-0.2, -0.15) is 0 Å². The molecule has 0 radical (unpaired) electrons. The molecule has 1 heterocycles. The molecule has 0 aliphatic heterocycles. The topological polar surface area (TPSA) is 89.4 Å². The highest BCUT2D eigenvalue weighted by atomic mass is 19.4. The fraction of sp³-hybridized carbons (Fsp3) is 0.381. The predicted molar refractivity (Wildman–Crippen MR) is 108 cm³/mol. The number of rotatable bonds is 8. The smallest absolute Gasteiger partial charge is 0.406 e. The molecule has 31 heavy (non-hydrogen) atoms. The molecule has 1 aromatic carbocycles. The van der Waals surface area contributed by atoms with Gasteiger partial charge in [0.2, 0.25) is 5.43 Å². The minimum Gasteiger partial charge on any atom is -0.406 e. The molecule has 10 heteroatoms. The van der Waals surface area contributed by atoms with E-state index in [4.69, 9.17) is 0 Å². The second-order valence-electron chi connectivity index (χ2n) is 7.24. The van der Waals surface area contributed by atoms with Crippen LogP contribution in [0.4, 0.5) is 13.2 Å². The number of amides is 2. The van der Waals surface area contributed by atoms with Crippen molar-refractivity contribution < 1.29 is 27.5 Å². The minimum absolute atomic E-state index is 0.0276. The van der Waals surface area contributed by atoms with E-state index in [0.29, 0.717) is 18.7 Å². The molecule has 0 aliphatic rings. The maximum atomic E-state index is 12.7. The summed E-state index contributed by atoms with van der Waals surface area (Å²) in [5.41, 5.74) is -0.520. The standard InChI is InChI=1S/C21H24F3N3O4/c1-4-25-19(29)16-11-27(10-13(2)3)12-17(18(16)28)20(30)26-9-14-5-7-15(8-6-14)31-21(22,23)24/h5-8,11-13H,4,9-10H2,1-3H3,(H,25,29)(H,26,30). The summed E-state index contributed by atoms with van der Waals surface area (Å²) in [5.74, 6) is -1.43. The largest absolute Gasteiger partial charge is 0.573 e. The zero-order chi connectivity index (χ0) is 23.2. The summed E-state index contributed by atoms with van der Waals surface area (Å²) in [4.78, 5) is 37.6. The third kappa shape index (κ3) is 7.16. The maximum Gasteiger partial charge on any atom is 0.573 e. The molecule has 0 aliphatic carbocycles. The zero-order valence-electron chi connectivity index (χ0n) is 17.4. The Balaban J connectivity index is 2.20. The molecule has 0 bridgehead atoms. The summed E-state index contributed by atoms with van der Waals surface area (Å²) in [6, 6.07) is 4.98. The first-order valence-electron chi connectivity index (χ1n) is 9.65. The summed E-state index contributed by atoms with van der Waals surface area (Å²) in [6.07, 6.45) is -1.98. The second kappa shape index (κ2) is 10.1. The molecule has 2 aromatic rings. The Morgan fingerprint density at radius 2 is 1.58 bits per heavy atom. The molecule has 0 unspecified atom stereocenters. The van der Waals surface area contributed by atoms with Crippen molar-refractivity contribution in [3.8, 4) is 5.75 Å². The van der Waals surface area contributed by atoms with Crippen LogP contribution in [0.15, 0.2) is 41.5 Å². The summed E-state index contributed by atoms with van der Waals surface area (Å²) in [7, 11) is 0. The van der Waals surface area contributed by atoms with Gasteiger partial charge in [0.25, 0.3) is 11.8 Å². The van der Waals surface area contributed by atoms with Gasteiger partial charge in [0.05, 0.1) is 0 Å². The van der Waals surface area contributed by atoms with Crippen molar-refractivity contribution in [1.82, 2.24) is 15.2 Å². The lowest BCUT2D eigenvalue weighted by Gasteiger charge is -2.14. The van der Waals surface area contributed by atoms with E-state index in [-0.39, 0.29) is 29.3 Å².